The van der Waals surface area contributed by atoms with Crippen LogP contribution < -0.4 is 15.0 Å². The van der Waals surface area contributed by atoms with Gasteiger partial charge in [-0.3, -0.25) is 9.69 Å². The van der Waals surface area contributed by atoms with E-state index in [1.165, 1.54) is 22.4 Å². The summed E-state index contributed by atoms with van der Waals surface area (Å²) in [4.78, 5) is 16.9. The van der Waals surface area contributed by atoms with Crippen LogP contribution in [0, 0.1) is 20.8 Å². The highest BCUT2D eigenvalue weighted by molar-refractivity contribution is 5.77. The molecule has 1 amide bonds. The van der Waals surface area contributed by atoms with Gasteiger partial charge in [0.2, 0.25) is 0 Å². The van der Waals surface area contributed by atoms with Crippen molar-refractivity contribution in [1.29, 1.82) is 0 Å². The number of piperazine rings is 1. The van der Waals surface area contributed by atoms with Crippen molar-refractivity contribution in [2.24, 2.45) is 0 Å². The third-order valence-electron chi connectivity index (χ3n) is 5.56. The fourth-order valence-corrected chi connectivity index (χ4v) is 3.59. The molecule has 0 unspecified atom stereocenters. The monoisotopic (exact) mass is 395 g/mol. The lowest BCUT2D eigenvalue weighted by Gasteiger charge is -2.36. The molecule has 2 aromatic carbocycles. The van der Waals surface area contributed by atoms with Crippen LogP contribution in [0.25, 0.3) is 0 Å². The summed E-state index contributed by atoms with van der Waals surface area (Å²) in [6.07, 6.45) is 0.958. The van der Waals surface area contributed by atoms with Gasteiger partial charge in [0.05, 0.1) is 0 Å². The summed E-state index contributed by atoms with van der Waals surface area (Å²) in [5.74, 6) is 0.683. The van der Waals surface area contributed by atoms with Gasteiger partial charge in [0.25, 0.3) is 5.91 Å². The van der Waals surface area contributed by atoms with E-state index in [1.54, 1.807) is 0 Å². The number of ether oxygens (including phenoxy) is 1. The predicted octanol–water partition coefficient (Wildman–Crippen LogP) is 3.32. The first-order valence-corrected chi connectivity index (χ1v) is 10.5. The Morgan fingerprint density at radius 2 is 1.79 bits per heavy atom. The van der Waals surface area contributed by atoms with Crippen molar-refractivity contribution >= 4 is 11.6 Å². The second-order valence-electron chi connectivity index (χ2n) is 7.91. The second-order valence-corrected chi connectivity index (χ2v) is 7.91. The van der Waals surface area contributed by atoms with Crippen LogP contribution in [0.2, 0.25) is 0 Å². The van der Waals surface area contributed by atoms with Gasteiger partial charge in [0.1, 0.15) is 5.75 Å². The van der Waals surface area contributed by atoms with Crippen molar-refractivity contribution < 1.29 is 9.53 Å². The van der Waals surface area contributed by atoms with Gasteiger partial charge in [-0.25, -0.2) is 0 Å². The van der Waals surface area contributed by atoms with Crippen LogP contribution >= 0.6 is 0 Å². The summed E-state index contributed by atoms with van der Waals surface area (Å²) in [7, 11) is 0. The Kier molecular flexibility index (Phi) is 7.53. The van der Waals surface area contributed by atoms with Crippen LogP contribution in [-0.4, -0.2) is 56.7 Å². The van der Waals surface area contributed by atoms with E-state index in [4.69, 9.17) is 4.74 Å². The van der Waals surface area contributed by atoms with Crippen molar-refractivity contribution in [3.05, 3.63) is 59.2 Å². The third kappa shape index (κ3) is 6.50. The average molecular weight is 396 g/mol. The van der Waals surface area contributed by atoms with Gasteiger partial charge >= 0.3 is 0 Å². The van der Waals surface area contributed by atoms with Gasteiger partial charge in [-0.15, -0.1) is 0 Å². The lowest BCUT2D eigenvalue weighted by Crippen LogP contribution is -2.47. The SMILES string of the molecule is Cc1cccc(N2CCN(CCCNC(=O)COc3ccc(C)c(C)c3)CC2)c1. The smallest absolute Gasteiger partial charge is 0.257 e. The molecule has 1 heterocycles. The number of anilines is 1. The minimum atomic E-state index is -0.0625. The molecule has 3 rings (SSSR count). The van der Waals surface area contributed by atoms with Crippen LogP contribution in [0.3, 0.4) is 0 Å². The van der Waals surface area contributed by atoms with E-state index < -0.39 is 0 Å². The molecule has 0 bridgehead atoms. The molecule has 5 heteroatoms. The molecule has 0 spiro atoms. The quantitative estimate of drug-likeness (QED) is 0.697. The fourth-order valence-electron chi connectivity index (χ4n) is 3.59. The average Bonchev–Trinajstić information content (AvgIpc) is 2.72. The largest absolute Gasteiger partial charge is 0.484 e. The van der Waals surface area contributed by atoms with E-state index in [2.05, 4.69) is 53.2 Å². The molecule has 0 radical (unpaired) electrons. The first-order chi connectivity index (χ1) is 14.0. The number of carbonyl (C=O) groups is 1. The molecule has 0 aliphatic carbocycles. The number of benzene rings is 2. The summed E-state index contributed by atoms with van der Waals surface area (Å²) in [5.41, 5.74) is 5.02. The number of aryl methyl sites for hydroxylation is 3. The molecule has 5 nitrogen and oxygen atoms in total. The fraction of sp³-hybridized carbons (Fsp3) is 0.458. The Morgan fingerprint density at radius 1 is 1.00 bits per heavy atom. The van der Waals surface area contributed by atoms with Crippen molar-refractivity contribution in [3.8, 4) is 5.75 Å². The standard InChI is InChI=1S/C24H33N3O2/c1-19-6-4-7-22(16-19)27-14-12-26(13-15-27)11-5-10-25-24(28)18-29-23-9-8-20(2)21(3)17-23/h4,6-9,16-17H,5,10-15,18H2,1-3H3,(H,25,28). The van der Waals surface area contributed by atoms with Crippen molar-refractivity contribution in [3.63, 3.8) is 0 Å². The van der Waals surface area contributed by atoms with E-state index in [1.807, 2.05) is 25.1 Å². The molecule has 1 N–H and O–H groups in total. The third-order valence-corrected chi connectivity index (χ3v) is 5.56. The highest BCUT2D eigenvalue weighted by Crippen LogP contribution is 2.18. The minimum Gasteiger partial charge on any atom is -0.484 e. The van der Waals surface area contributed by atoms with Crippen LogP contribution in [0.15, 0.2) is 42.5 Å². The zero-order chi connectivity index (χ0) is 20.6. The lowest BCUT2D eigenvalue weighted by molar-refractivity contribution is -0.123. The number of nitrogens with one attached hydrogen (secondary N) is 1. The topological polar surface area (TPSA) is 44.8 Å². The van der Waals surface area contributed by atoms with Gasteiger partial charge in [-0.2, -0.15) is 0 Å². The second kappa shape index (κ2) is 10.3. The molecular weight excluding hydrogens is 362 g/mol. The maximum absolute atomic E-state index is 12.0. The van der Waals surface area contributed by atoms with Crippen molar-refractivity contribution in [1.82, 2.24) is 10.2 Å². The molecular formula is C24H33N3O2. The number of nitrogens with zero attached hydrogens (tertiary/aromatic N) is 2. The van der Waals surface area contributed by atoms with Gasteiger partial charge in [-0.1, -0.05) is 18.2 Å². The first-order valence-electron chi connectivity index (χ1n) is 10.5. The highest BCUT2D eigenvalue weighted by Gasteiger charge is 2.16. The maximum Gasteiger partial charge on any atom is 0.257 e. The molecule has 0 saturated carbocycles. The number of hydrogen-bond acceptors (Lipinski definition) is 4. The Bertz CT molecular complexity index is 814. The van der Waals surface area contributed by atoms with Crippen LogP contribution in [0.5, 0.6) is 5.75 Å². The Labute approximate surface area is 174 Å². The Morgan fingerprint density at radius 3 is 2.52 bits per heavy atom. The Balaban J connectivity index is 1.29. The minimum absolute atomic E-state index is 0.0625. The highest BCUT2D eigenvalue weighted by atomic mass is 16.5. The van der Waals surface area contributed by atoms with Crippen molar-refractivity contribution in [2.75, 3.05) is 50.8 Å². The van der Waals surface area contributed by atoms with Crippen molar-refractivity contribution in [2.45, 2.75) is 27.2 Å². The molecule has 2 aromatic rings. The lowest BCUT2D eigenvalue weighted by atomic mass is 10.1. The van der Waals surface area contributed by atoms with Crippen LogP contribution in [0.4, 0.5) is 5.69 Å². The summed E-state index contributed by atoms with van der Waals surface area (Å²) >= 11 is 0. The summed E-state index contributed by atoms with van der Waals surface area (Å²) in [5, 5.41) is 2.96. The molecule has 29 heavy (non-hydrogen) atoms. The maximum atomic E-state index is 12.0. The summed E-state index contributed by atoms with van der Waals surface area (Å²) in [6, 6.07) is 14.6. The normalized spacial score (nSPS) is 14.7. The number of amides is 1. The summed E-state index contributed by atoms with van der Waals surface area (Å²) < 4.78 is 5.58. The van der Waals surface area contributed by atoms with Gasteiger partial charge in [-0.05, 0) is 74.7 Å². The van der Waals surface area contributed by atoms with E-state index >= 15 is 0 Å². The number of hydrogen-bond donors (Lipinski definition) is 1. The van der Waals surface area contributed by atoms with Crippen LogP contribution in [-0.2, 0) is 4.79 Å². The van der Waals surface area contributed by atoms with Gasteiger partial charge in [0, 0.05) is 38.4 Å². The van der Waals surface area contributed by atoms with Gasteiger partial charge < -0.3 is 15.0 Å². The summed E-state index contributed by atoms with van der Waals surface area (Å²) in [6.45, 7) is 12.3. The molecule has 1 saturated heterocycles. The predicted molar refractivity (Wildman–Crippen MR) is 119 cm³/mol. The van der Waals surface area contributed by atoms with E-state index in [0.29, 0.717) is 6.54 Å². The Hall–Kier alpha value is -2.53. The van der Waals surface area contributed by atoms with E-state index in [0.717, 1.165) is 44.9 Å². The van der Waals surface area contributed by atoms with E-state index in [-0.39, 0.29) is 12.5 Å². The molecule has 1 aliphatic rings. The molecule has 0 aromatic heterocycles. The molecule has 0 atom stereocenters. The first kappa shape index (κ1) is 21.2. The molecule has 1 aliphatic heterocycles. The molecule has 1 fully saturated rings. The number of carbonyl (C=O) groups excluding carboxylic acids is 1. The molecule has 156 valence electrons. The zero-order valence-corrected chi connectivity index (χ0v) is 17.9. The van der Waals surface area contributed by atoms with Gasteiger partial charge in [0.15, 0.2) is 6.61 Å². The van der Waals surface area contributed by atoms with E-state index in [9.17, 15) is 4.79 Å². The van der Waals surface area contributed by atoms with Crippen LogP contribution in [0.1, 0.15) is 23.1 Å². The number of rotatable bonds is 8. The zero-order valence-electron chi connectivity index (χ0n) is 17.9.